The molecule has 6 rings (SSSR count). The van der Waals surface area contributed by atoms with Crippen molar-refractivity contribution in [2.24, 2.45) is 0 Å². The molecular weight excluding hydrogens is 548 g/mol. The first-order valence-corrected chi connectivity index (χ1v) is 15.2. The fourth-order valence-electron chi connectivity index (χ4n) is 6.34. The normalized spacial score (nSPS) is 25.0. The van der Waals surface area contributed by atoms with Gasteiger partial charge in [0.2, 0.25) is 10.0 Å². The lowest BCUT2D eigenvalue weighted by Gasteiger charge is -2.36. The molecule has 11 nitrogen and oxygen atoms in total. The Morgan fingerprint density at radius 2 is 1.59 bits per heavy atom. The monoisotopic (exact) mass is 580 g/mol. The van der Waals surface area contributed by atoms with Crippen LogP contribution in [0.2, 0.25) is 0 Å². The van der Waals surface area contributed by atoms with Crippen LogP contribution in [-0.2, 0) is 34.7 Å². The van der Waals surface area contributed by atoms with Gasteiger partial charge in [-0.15, -0.1) is 0 Å². The smallest absolute Gasteiger partial charge is 0.296 e. The lowest BCUT2D eigenvalue weighted by Crippen LogP contribution is -2.53. The van der Waals surface area contributed by atoms with E-state index < -0.39 is 38.9 Å². The second-order valence-electron chi connectivity index (χ2n) is 10.7. The number of amides is 2. The number of aliphatic hydroxyl groups is 1. The minimum atomic E-state index is -3.69. The van der Waals surface area contributed by atoms with Gasteiger partial charge in [-0.3, -0.25) is 19.3 Å². The van der Waals surface area contributed by atoms with Crippen molar-refractivity contribution in [3.8, 4) is 0 Å². The Hall–Kier alpha value is -3.58. The Labute approximate surface area is 238 Å². The third-order valence-electron chi connectivity index (χ3n) is 8.51. The number of carbonyl (C=O) groups excluding carboxylic acids is 3. The van der Waals surface area contributed by atoms with E-state index in [9.17, 15) is 27.9 Å². The zero-order valence-electron chi connectivity index (χ0n) is 22.8. The van der Waals surface area contributed by atoms with Crippen molar-refractivity contribution in [2.75, 3.05) is 64.4 Å². The molecule has 4 aliphatic heterocycles. The highest BCUT2D eigenvalue weighted by Gasteiger charge is 2.66. The first-order valence-electron chi connectivity index (χ1n) is 13.8. The van der Waals surface area contributed by atoms with Gasteiger partial charge in [-0.25, -0.2) is 8.42 Å². The Bertz CT molecular complexity index is 1540. The molecule has 2 aromatic rings. The average molecular weight is 581 g/mol. The van der Waals surface area contributed by atoms with Crippen molar-refractivity contribution in [1.82, 2.24) is 14.1 Å². The summed E-state index contributed by atoms with van der Waals surface area (Å²) in [6.45, 7) is 3.84. The fourth-order valence-corrected chi connectivity index (χ4v) is 7.86. The maximum Gasteiger partial charge on any atom is 0.296 e. The number of sulfonamides is 1. The Morgan fingerprint density at radius 3 is 2.27 bits per heavy atom. The second-order valence-corrected chi connectivity index (χ2v) is 12.6. The van der Waals surface area contributed by atoms with E-state index in [0.29, 0.717) is 57.2 Å². The molecular formula is C29H32N4O7S. The van der Waals surface area contributed by atoms with Gasteiger partial charge in [-0.1, -0.05) is 18.2 Å². The summed E-state index contributed by atoms with van der Waals surface area (Å²) in [5.41, 5.74) is -1.06. The molecule has 3 saturated heterocycles. The van der Waals surface area contributed by atoms with E-state index in [1.807, 2.05) is 0 Å². The lowest BCUT2D eigenvalue weighted by atomic mass is 9.82. The van der Waals surface area contributed by atoms with Crippen LogP contribution in [0.1, 0.15) is 24.0 Å². The van der Waals surface area contributed by atoms with E-state index in [1.165, 1.54) is 38.4 Å². The van der Waals surface area contributed by atoms with Gasteiger partial charge in [0.25, 0.3) is 17.6 Å². The van der Waals surface area contributed by atoms with Crippen LogP contribution in [0, 0.1) is 0 Å². The maximum atomic E-state index is 14.1. The number of aliphatic hydroxyl groups excluding tert-OH is 1. The molecule has 2 aromatic carbocycles. The van der Waals surface area contributed by atoms with Gasteiger partial charge in [0.1, 0.15) is 5.76 Å². The van der Waals surface area contributed by atoms with E-state index in [2.05, 4.69) is 4.90 Å². The standard InChI is InChI=1S/C29H32N4O7S/c1-30-23-7-3-2-6-22(23)29(28(30)37)24(26(35)27(36)33(29)15-14-31-16-18-40-19-17-31)25(34)20-8-10-21(11-9-20)41(38,39)32-12-4-5-13-32/h2-3,6-11,34H,4-5,12-19H2,1H3/t29-/m0/s1. The Kier molecular flexibility index (Phi) is 6.97. The van der Waals surface area contributed by atoms with Gasteiger partial charge in [0.15, 0.2) is 5.54 Å². The molecule has 4 heterocycles. The zero-order valence-corrected chi connectivity index (χ0v) is 23.6. The molecule has 2 amide bonds. The largest absolute Gasteiger partial charge is 0.507 e. The van der Waals surface area contributed by atoms with Crippen LogP contribution in [0.4, 0.5) is 5.69 Å². The van der Waals surface area contributed by atoms with Crippen LogP contribution in [0.25, 0.3) is 5.76 Å². The number of benzene rings is 2. The molecule has 216 valence electrons. The molecule has 1 atom stereocenters. The van der Waals surface area contributed by atoms with E-state index in [-0.39, 0.29) is 22.6 Å². The number of Topliss-reactive ketones (excluding diaryl/α,β-unsaturated/α-hetero) is 1. The molecule has 12 heteroatoms. The molecule has 1 N–H and O–H groups in total. The topological polar surface area (TPSA) is 128 Å². The molecule has 0 aromatic heterocycles. The number of ketones is 1. The van der Waals surface area contributed by atoms with Crippen LogP contribution in [0.15, 0.2) is 59.0 Å². The second kappa shape index (κ2) is 10.4. The highest BCUT2D eigenvalue weighted by atomic mass is 32.2. The van der Waals surface area contributed by atoms with Crippen molar-refractivity contribution in [1.29, 1.82) is 0 Å². The van der Waals surface area contributed by atoms with Gasteiger partial charge in [-0.2, -0.15) is 4.31 Å². The predicted molar refractivity (Wildman–Crippen MR) is 149 cm³/mol. The lowest BCUT2D eigenvalue weighted by molar-refractivity contribution is -0.144. The zero-order chi connectivity index (χ0) is 28.9. The molecule has 4 aliphatic rings. The summed E-state index contributed by atoms with van der Waals surface area (Å²) in [4.78, 5) is 46.3. The van der Waals surface area contributed by atoms with Crippen molar-refractivity contribution >= 4 is 39.1 Å². The van der Waals surface area contributed by atoms with E-state index >= 15 is 0 Å². The van der Waals surface area contributed by atoms with Crippen LogP contribution < -0.4 is 4.90 Å². The maximum absolute atomic E-state index is 14.1. The first-order chi connectivity index (χ1) is 19.7. The molecule has 1 spiro atoms. The third kappa shape index (κ3) is 4.19. The minimum Gasteiger partial charge on any atom is -0.507 e. The number of likely N-dealkylation sites (tertiary alicyclic amines) is 1. The minimum absolute atomic E-state index is 0.0682. The van der Waals surface area contributed by atoms with Crippen molar-refractivity contribution in [3.05, 3.63) is 65.2 Å². The SMILES string of the molecule is CN1C(=O)[C@@]2(C(=C(O)c3ccc(S(=O)(=O)N4CCCC4)cc3)C(=O)C(=O)N2CCN2CCOCC2)c2ccccc21. The summed E-state index contributed by atoms with van der Waals surface area (Å²) in [5, 5.41) is 11.6. The third-order valence-corrected chi connectivity index (χ3v) is 10.4. The first kappa shape index (κ1) is 27.6. The number of para-hydroxylation sites is 1. The molecule has 3 fully saturated rings. The average Bonchev–Trinajstić information content (AvgIpc) is 3.67. The van der Waals surface area contributed by atoms with Gasteiger partial charge in [-0.05, 0) is 43.2 Å². The van der Waals surface area contributed by atoms with Crippen LogP contribution in [0.5, 0.6) is 0 Å². The van der Waals surface area contributed by atoms with Gasteiger partial charge in [0, 0.05) is 63.1 Å². The number of nitrogens with zero attached hydrogens (tertiary/aromatic N) is 4. The van der Waals surface area contributed by atoms with Crippen molar-refractivity contribution in [3.63, 3.8) is 0 Å². The highest BCUT2D eigenvalue weighted by Crippen LogP contribution is 2.53. The number of fused-ring (bicyclic) bond motifs is 2. The van der Waals surface area contributed by atoms with Crippen LogP contribution in [-0.4, -0.2) is 105 Å². The number of morpholine rings is 1. The number of likely N-dealkylation sites (N-methyl/N-ethyl adjacent to an activating group) is 1. The molecule has 41 heavy (non-hydrogen) atoms. The van der Waals surface area contributed by atoms with E-state index in [1.54, 1.807) is 31.3 Å². The molecule has 0 radical (unpaired) electrons. The molecule has 0 saturated carbocycles. The quantitative estimate of drug-likeness (QED) is 0.308. The Balaban J connectivity index is 1.45. The highest BCUT2D eigenvalue weighted by molar-refractivity contribution is 7.89. The fraction of sp³-hybridized carbons (Fsp3) is 0.414. The number of rotatable bonds is 6. The molecule has 0 bridgehead atoms. The number of hydrogen-bond acceptors (Lipinski definition) is 8. The van der Waals surface area contributed by atoms with Gasteiger partial charge >= 0.3 is 0 Å². The molecule has 0 unspecified atom stereocenters. The number of carbonyl (C=O) groups is 3. The number of anilines is 1. The number of ether oxygens (including phenoxy) is 1. The Morgan fingerprint density at radius 1 is 0.927 bits per heavy atom. The number of hydrogen-bond donors (Lipinski definition) is 1. The summed E-state index contributed by atoms with van der Waals surface area (Å²) in [6, 6.07) is 12.5. The van der Waals surface area contributed by atoms with Crippen LogP contribution >= 0.6 is 0 Å². The van der Waals surface area contributed by atoms with Gasteiger partial charge < -0.3 is 19.6 Å². The van der Waals surface area contributed by atoms with Crippen LogP contribution in [0.3, 0.4) is 0 Å². The van der Waals surface area contributed by atoms with E-state index in [0.717, 1.165) is 12.8 Å². The summed E-state index contributed by atoms with van der Waals surface area (Å²) >= 11 is 0. The van der Waals surface area contributed by atoms with Gasteiger partial charge in [0.05, 0.1) is 23.7 Å². The van der Waals surface area contributed by atoms with E-state index in [4.69, 9.17) is 4.74 Å². The van der Waals surface area contributed by atoms with Crippen molar-refractivity contribution in [2.45, 2.75) is 23.3 Å². The summed E-state index contributed by atoms with van der Waals surface area (Å²) < 4.78 is 32.9. The predicted octanol–water partition coefficient (Wildman–Crippen LogP) is 1.36. The summed E-state index contributed by atoms with van der Waals surface area (Å²) in [7, 11) is -2.11. The summed E-state index contributed by atoms with van der Waals surface area (Å²) in [6.07, 6.45) is 1.60. The summed E-state index contributed by atoms with van der Waals surface area (Å²) in [5.74, 6) is -2.88. The molecule has 0 aliphatic carbocycles. The van der Waals surface area contributed by atoms with Crippen molar-refractivity contribution < 1.29 is 32.6 Å².